The topological polar surface area (TPSA) is 50.8 Å². The number of urea groups is 1. The SMILES string of the molecule is COc1ccccc1NC(=O)N1CCC(CCOc2ccccc2)CC1. The summed E-state index contributed by atoms with van der Waals surface area (Å²) < 4.78 is 11.1. The molecular formula is C21H26N2O3. The Morgan fingerprint density at radius 3 is 2.50 bits per heavy atom. The van der Waals surface area contributed by atoms with Crippen LogP contribution in [-0.2, 0) is 0 Å². The maximum Gasteiger partial charge on any atom is 0.321 e. The van der Waals surface area contributed by atoms with E-state index in [1.54, 1.807) is 7.11 Å². The first-order chi connectivity index (χ1) is 12.8. The number of carbonyl (C=O) groups excluding carboxylic acids is 1. The van der Waals surface area contributed by atoms with E-state index in [1.165, 1.54) is 0 Å². The molecule has 3 rings (SSSR count). The smallest absolute Gasteiger partial charge is 0.321 e. The van der Waals surface area contributed by atoms with E-state index in [2.05, 4.69) is 5.32 Å². The fourth-order valence-electron chi connectivity index (χ4n) is 3.23. The maximum atomic E-state index is 12.5. The van der Waals surface area contributed by atoms with Crippen molar-refractivity contribution in [2.45, 2.75) is 19.3 Å². The minimum atomic E-state index is -0.0616. The Balaban J connectivity index is 1.41. The molecule has 1 aliphatic heterocycles. The molecule has 138 valence electrons. The van der Waals surface area contributed by atoms with E-state index in [9.17, 15) is 4.79 Å². The minimum Gasteiger partial charge on any atom is -0.495 e. The number of nitrogens with one attached hydrogen (secondary N) is 1. The largest absolute Gasteiger partial charge is 0.495 e. The third-order valence-electron chi connectivity index (χ3n) is 4.79. The van der Waals surface area contributed by atoms with Crippen LogP contribution in [0, 0.1) is 5.92 Å². The molecule has 0 saturated carbocycles. The standard InChI is InChI=1S/C21H26N2O3/c1-25-20-10-6-5-9-19(20)22-21(24)23-14-11-17(12-15-23)13-16-26-18-7-3-2-4-8-18/h2-10,17H,11-16H2,1H3,(H,22,24). The van der Waals surface area contributed by atoms with Gasteiger partial charge in [0.2, 0.25) is 0 Å². The lowest BCUT2D eigenvalue weighted by atomic mass is 9.94. The summed E-state index contributed by atoms with van der Waals surface area (Å²) in [6.07, 6.45) is 3.05. The molecule has 1 fully saturated rings. The number of hydrogen-bond acceptors (Lipinski definition) is 3. The number of nitrogens with zero attached hydrogens (tertiary/aromatic N) is 1. The Labute approximate surface area is 154 Å². The van der Waals surface area contributed by atoms with Crippen LogP contribution in [0.3, 0.4) is 0 Å². The minimum absolute atomic E-state index is 0.0616. The first kappa shape index (κ1) is 18.1. The number of benzene rings is 2. The van der Waals surface area contributed by atoms with Gasteiger partial charge in [-0.2, -0.15) is 0 Å². The van der Waals surface area contributed by atoms with Crippen molar-refractivity contribution in [1.29, 1.82) is 0 Å². The Hall–Kier alpha value is -2.69. The highest BCUT2D eigenvalue weighted by molar-refractivity contribution is 5.91. The van der Waals surface area contributed by atoms with E-state index < -0.39 is 0 Å². The number of ether oxygens (including phenoxy) is 2. The van der Waals surface area contributed by atoms with Crippen LogP contribution in [0.15, 0.2) is 54.6 Å². The molecule has 2 amide bonds. The number of rotatable bonds is 6. The number of carbonyl (C=O) groups is 1. The number of amides is 2. The van der Waals surface area contributed by atoms with E-state index >= 15 is 0 Å². The number of para-hydroxylation sites is 3. The summed E-state index contributed by atoms with van der Waals surface area (Å²) in [5.74, 6) is 2.20. The summed E-state index contributed by atoms with van der Waals surface area (Å²) in [5.41, 5.74) is 0.707. The van der Waals surface area contributed by atoms with Gasteiger partial charge in [-0.1, -0.05) is 30.3 Å². The van der Waals surface area contributed by atoms with Crippen molar-refractivity contribution in [3.63, 3.8) is 0 Å². The molecule has 1 saturated heterocycles. The Morgan fingerprint density at radius 2 is 1.77 bits per heavy atom. The fourth-order valence-corrected chi connectivity index (χ4v) is 3.23. The lowest BCUT2D eigenvalue weighted by Crippen LogP contribution is -2.41. The van der Waals surface area contributed by atoms with Crippen LogP contribution in [-0.4, -0.2) is 37.7 Å². The number of methoxy groups -OCH3 is 1. The van der Waals surface area contributed by atoms with Crippen LogP contribution < -0.4 is 14.8 Å². The highest BCUT2D eigenvalue weighted by Crippen LogP contribution is 2.25. The molecule has 0 bridgehead atoms. The average molecular weight is 354 g/mol. The van der Waals surface area contributed by atoms with Crippen molar-refractivity contribution in [1.82, 2.24) is 4.90 Å². The van der Waals surface area contributed by atoms with Gasteiger partial charge in [-0.15, -0.1) is 0 Å². The number of piperidine rings is 1. The molecule has 1 N–H and O–H groups in total. The van der Waals surface area contributed by atoms with Crippen molar-refractivity contribution in [3.05, 3.63) is 54.6 Å². The monoisotopic (exact) mass is 354 g/mol. The Bertz CT molecular complexity index is 697. The van der Waals surface area contributed by atoms with E-state index in [0.717, 1.165) is 44.7 Å². The average Bonchev–Trinajstić information content (AvgIpc) is 2.70. The van der Waals surface area contributed by atoms with Crippen LogP contribution in [0.1, 0.15) is 19.3 Å². The zero-order valence-corrected chi connectivity index (χ0v) is 15.2. The molecular weight excluding hydrogens is 328 g/mol. The molecule has 0 atom stereocenters. The molecule has 0 aliphatic carbocycles. The predicted octanol–water partition coefficient (Wildman–Crippen LogP) is 4.41. The summed E-state index contributed by atoms with van der Waals surface area (Å²) in [5, 5.41) is 2.95. The number of likely N-dealkylation sites (tertiary alicyclic amines) is 1. The number of hydrogen-bond donors (Lipinski definition) is 1. The predicted molar refractivity (Wildman–Crippen MR) is 103 cm³/mol. The van der Waals surface area contributed by atoms with Crippen LogP contribution in [0.4, 0.5) is 10.5 Å². The molecule has 5 heteroatoms. The molecule has 26 heavy (non-hydrogen) atoms. The van der Waals surface area contributed by atoms with Crippen molar-refractivity contribution in [3.8, 4) is 11.5 Å². The van der Waals surface area contributed by atoms with Crippen molar-refractivity contribution in [2.24, 2.45) is 5.92 Å². The molecule has 1 aliphatic rings. The molecule has 2 aromatic rings. The summed E-state index contributed by atoms with van der Waals surface area (Å²) in [4.78, 5) is 14.4. The molecule has 2 aromatic carbocycles. The lowest BCUT2D eigenvalue weighted by Gasteiger charge is -2.32. The third kappa shape index (κ3) is 4.91. The second kappa shape index (κ2) is 9.13. The fraction of sp³-hybridized carbons (Fsp3) is 0.381. The normalized spacial score (nSPS) is 14.7. The van der Waals surface area contributed by atoms with Gasteiger partial charge in [0.25, 0.3) is 0 Å². The van der Waals surface area contributed by atoms with E-state index in [-0.39, 0.29) is 6.03 Å². The molecule has 1 heterocycles. The zero-order chi connectivity index (χ0) is 18.2. The Morgan fingerprint density at radius 1 is 1.08 bits per heavy atom. The van der Waals surface area contributed by atoms with E-state index in [1.807, 2.05) is 59.5 Å². The van der Waals surface area contributed by atoms with Gasteiger partial charge in [0.1, 0.15) is 11.5 Å². The van der Waals surface area contributed by atoms with Gasteiger partial charge in [0.05, 0.1) is 19.4 Å². The van der Waals surface area contributed by atoms with Crippen LogP contribution in [0.2, 0.25) is 0 Å². The maximum absolute atomic E-state index is 12.5. The molecule has 0 radical (unpaired) electrons. The summed E-state index contributed by atoms with van der Waals surface area (Å²) in [6, 6.07) is 17.3. The highest BCUT2D eigenvalue weighted by Gasteiger charge is 2.23. The first-order valence-electron chi connectivity index (χ1n) is 9.13. The van der Waals surface area contributed by atoms with Crippen LogP contribution in [0.5, 0.6) is 11.5 Å². The van der Waals surface area contributed by atoms with Crippen molar-refractivity contribution in [2.75, 3.05) is 32.1 Å². The first-order valence-corrected chi connectivity index (χ1v) is 9.13. The molecule has 0 spiro atoms. The Kier molecular flexibility index (Phi) is 6.36. The van der Waals surface area contributed by atoms with Gasteiger partial charge in [-0.3, -0.25) is 0 Å². The second-order valence-electron chi connectivity index (χ2n) is 6.51. The van der Waals surface area contributed by atoms with Gasteiger partial charge in [0.15, 0.2) is 0 Å². The van der Waals surface area contributed by atoms with Crippen molar-refractivity contribution >= 4 is 11.7 Å². The highest BCUT2D eigenvalue weighted by atomic mass is 16.5. The van der Waals surface area contributed by atoms with Gasteiger partial charge < -0.3 is 19.7 Å². The van der Waals surface area contributed by atoms with Crippen LogP contribution in [0.25, 0.3) is 0 Å². The second-order valence-corrected chi connectivity index (χ2v) is 6.51. The van der Waals surface area contributed by atoms with Crippen molar-refractivity contribution < 1.29 is 14.3 Å². The van der Waals surface area contributed by atoms with E-state index in [4.69, 9.17) is 9.47 Å². The van der Waals surface area contributed by atoms with E-state index in [0.29, 0.717) is 17.4 Å². The quantitative estimate of drug-likeness (QED) is 0.836. The third-order valence-corrected chi connectivity index (χ3v) is 4.79. The number of anilines is 1. The summed E-state index contributed by atoms with van der Waals surface area (Å²) >= 11 is 0. The summed E-state index contributed by atoms with van der Waals surface area (Å²) in [7, 11) is 1.61. The lowest BCUT2D eigenvalue weighted by molar-refractivity contribution is 0.170. The summed E-state index contributed by atoms with van der Waals surface area (Å²) in [6.45, 7) is 2.27. The van der Waals surface area contributed by atoms with Gasteiger partial charge in [0, 0.05) is 13.1 Å². The zero-order valence-electron chi connectivity index (χ0n) is 15.2. The van der Waals surface area contributed by atoms with Gasteiger partial charge >= 0.3 is 6.03 Å². The van der Waals surface area contributed by atoms with Gasteiger partial charge in [-0.25, -0.2) is 4.79 Å². The molecule has 5 nitrogen and oxygen atoms in total. The molecule has 0 unspecified atom stereocenters. The van der Waals surface area contributed by atoms with Gasteiger partial charge in [-0.05, 0) is 49.4 Å². The molecule has 0 aromatic heterocycles. The van der Waals surface area contributed by atoms with Crippen LogP contribution >= 0.6 is 0 Å².